The summed E-state index contributed by atoms with van der Waals surface area (Å²) in [5, 5.41) is 26.2. The van der Waals surface area contributed by atoms with Gasteiger partial charge in [0.1, 0.15) is 25.0 Å². The normalized spacial score (nSPS) is 20.0. The molecule has 280 valence electrons. The molecule has 0 saturated carbocycles. The van der Waals surface area contributed by atoms with E-state index >= 15 is 0 Å². The number of benzene rings is 3. The molecular formula is C40H53N5O7. The smallest absolute Gasteiger partial charge is 0.410 e. The van der Waals surface area contributed by atoms with Crippen LogP contribution in [0, 0.1) is 5.92 Å². The van der Waals surface area contributed by atoms with E-state index in [9.17, 15) is 19.5 Å². The average Bonchev–Trinajstić information content (AvgIpc) is 3.43. The van der Waals surface area contributed by atoms with Gasteiger partial charge in [0.05, 0.1) is 18.8 Å². The van der Waals surface area contributed by atoms with Crippen molar-refractivity contribution in [2.75, 3.05) is 39.4 Å². The highest BCUT2D eigenvalue weighted by molar-refractivity contribution is 5.83. The first-order valence-corrected chi connectivity index (χ1v) is 18.1. The summed E-state index contributed by atoms with van der Waals surface area (Å²) in [6, 6.07) is 22.9. The number of nitrogens with two attached hydrogens (primary N) is 1. The highest BCUT2D eigenvalue weighted by atomic mass is 16.6. The minimum atomic E-state index is -0.739. The molecular weight excluding hydrogens is 662 g/mol. The van der Waals surface area contributed by atoms with Crippen LogP contribution >= 0.6 is 0 Å². The second kappa shape index (κ2) is 17.8. The van der Waals surface area contributed by atoms with Gasteiger partial charge in [0.15, 0.2) is 0 Å². The highest BCUT2D eigenvalue weighted by Crippen LogP contribution is 2.32. The van der Waals surface area contributed by atoms with Crippen LogP contribution in [0.2, 0.25) is 0 Å². The van der Waals surface area contributed by atoms with Gasteiger partial charge in [-0.1, -0.05) is 66.7 Å². The fraction of sp³-hybridized carbons (Fsp3) is 0.475. The van der Waals surface area contributed by atoms with Gasteiger partial charge in [-0.05, 0) is 68.0 Å². The summed E-state index contributed by atoms with van der Waals surface area (Å²) in [7, 11) is 0. The van der Waals surface area contributed by atoms with Crippen molar-refractivity contribution in [2.45, 2.75) is 76.4 Å². The maximum atomic E-state index is 14.0. The molecule has 12 nitrogen and oxygen atoms in total. The van der Waals surface area contributed by atoms with E-state index in [0.29, 0.717) is 44.6 Å². The van der Waals surface area contributed by atoms with Gasteiger partial charge in [-0.25, -0.2) is 4.79 Å². The summed E-state index contributed by atoms with van der Waals surface area (Å²) in [6.45, 7) is 7.15. The molecule has 6 N–H and O–H groups in total. The number of ether oxygens (including phenoxy) is 2. The van der Waals surface area contributed by atoms with Crippen LogP contribution in [-0.2, 0) is 33.8 Å². The topological polar surface area (TPSA) is 167 Å². The first-order valence-electron chi connectivity index (χ1n) is 18.1. The molecule has 1 heterocycles. The molecule has 3 aromatic carbocycles. The molecule has 1 saturated heterocycles. The molecule has 1 aliphatic heterocycles. The van der Waals surface area contributed by atoms with E-state index in [4.69, 9.17) is 20.3 Å². The fourth-order valence-corrected chi connectivity index (χ4v) is 6.93. The Morgan fingerprint density at radius 1 is 0.962 bits per heavy atom. The largest absolute Gasteiger partial charge is 0.491 e. The van der Waals surface area contributed by atoms with E-state index in [1.165, 1.54) is 0 Å². The molecule has 0 bridgehead atoms. The fourth-order valence-electron chi connectivity index (χ4n) is 6.93. The quantitative estimate of drug-likeness (QED) is 0.169. The van der Waals surface area contributed by atoms with E-state index in [0.717, 1.165) is 22.3 Å². The standard InChI is InChI=1S/C40H53N5O7/c1-40(2,3)43-38(49)34-25-45(39(50)52-26-28-9-5-4-6-10-28)18-17-44(34)24-31(41)22-30(21-27-13-15-32(16-14-27)51-20-19-46)37(48)42-36-33-12-8-7-11-29(33)23-35(36)47/h4-16,30-31,34-36,46-47H,17-26,41H2,1-3H3,(H,42,48)(H,43,49)/t30-,31+,34+,35-,36+/m1/s1. The Morgan fingerprint density at radius 3 is 2.38 bits per heavy atom. The van der Waals surface area contributed by atoms with E-state index in [2.05, 4.69) is 10.6 Å². The van der Waals surface area contributed by atoms with Gasteiger partial charge in [0.2, 0.25) is 11.8 Å². The van der Waals surface area contributed by atoms with Gasteiger partial charge in [-0.2, -0.15) is 0 Å². The Bertz CT molecular complexity index is 1630. The zero-order chi connectivity index (χ0) is 37.3. The molecule has 0 aromatic heterocycles. The number of carbonyl (C=O) groups is 3. The van der Waals surface area contributed by atoms with Gasteiger partial charge in [-0.3, -0.25) is 14.5 Å². The van der Waals surface area contributed by atoms with E-state index in [-0.39, 0.29) is 38.2 Å². The minimum Gasteiger partial charge on any atom is -0.491 e. The third-order valence-electron chi connectivity index (χ3n) is 9.45. The summed E-state index contributed by atoms with van der Waals surface area (Å²) in [6.07, 6.45) is -0.0618. The first-order chi connectivity index (χ1) is 24.9. The summed E-state index contributed by atoms with van der Waals surface area (Å²) >= 11 is 0. The number of aliphatic hydroxyl groups excluding tert-OH is 2. The second-order valence-corrected chi connectivity index (χ2v) is 14.8. The lowest BCUT2D eigenvalue weighted by Crippen LogP contribution is -2.63. The Labute approximate surface area is 306 Å². The van der Waals surface area contributed by atoms with Crippen LogP contribution in [-0.4, -0.2) is 101 Å². The second-order valence-electron chi connectivity index (χ2n) is 14.8. The number of amides is 3. The number of nitrogens with zero attached hydrogens (tertiary/aromatic N) is 2. The Kier molecular flexibility index (Phi) is 13.3. The van der Waals surface area contributed by atoms with Crippen molar-refractivity contribution in [1.29, 1.82) is 0 Å². The van der Waals surface area contributed by atoms with Gasteiger partial charge in [-0.15, -0.1) is 0 Å². The van der Waals surface area contributed by atoms with Crippen LogP contribution in [0.4, 0.5) is 4.79 Å². The molecule has 1 aliphatic carbocycles. The molecule has 0 spiro atoms. The number of hydrogen-bond donors (Lipinski definition) is 5. The lowest BCUT2D eigenvalue weighted by Gasteiger charge is -2.42. The zero-order valence-electron chi connectivity index (χ0n) is 30.4. The number of piperazine rings is 1. The number of rotatable bonds is 14. The van der Waals surface area contributed by atoms with Crippen molar-refractivity contribution in [3.63, 3.8) is 0 Å². The lowest BCUT2D eigenvalue weighted by atomic mass is 9.91. The summed E-state index contributed by atoms with van der Waals surface area (Å²) in [5.74, 6) is -0.365. The third-order valence-corrected chi connectivity index (χ3v) is 9.45. The van der Waals surface area contributed by atoms with Crippen molar-refractivity contribution < 1.29 is 34.1 Å². The van der Waals surface area contributed by atoms with Gasteiger partial charge >= 0.3 is 6.09 Å². The summed E-state index contributed by atoms with van der Waals surface area (Å²) < 4.78 is 11.1. The number of fused-ring (bicyclic) bond motifs is 1. The number of carbonyl (C=O) groups excluding carboxylic acids is 3. The number of aliphatic hydroxyl groups is 2. The molecule has 0 radical (unpaired) electrons. The number of nitrogens with one attached hydrogen (secondary N) is 2. The SMILES string of the molecule is CC(C)(C)NC(=O)[C@@H]1CN(C(=O)OCc2ccccc2)CCN1C[C@@H](N)C[C@@H](Cc1ccc(OCCO)cc1)C(=O)N[C@H]1c2ccccc2C[C@H]1O. The maximum Gasteiger partial charge on any atom is 0.410 e. The van der Waals surface area contributed by atoms with Gasteiger partial charge in [0.25, 0.3) is 0 Å². The van der Waals surface area contributed by atoms with Crippen LogP contribution < -0.4 is 21.1 Å². The summed E-state index contributed by atoms with van der Waals surface area (Å²) in [4.78, 5) is 44.4. The van der Waals surface area contributed by atoms with Crippen molar-refractivity contribution in [3.8, 4) is 5.75 Å². The van der Waals surface area contributed by atoms with Crippen molar-refractivity contribution in [2.24, 2.45) is 11.7 Å². The third kappa shape index (κ3) is 10.8. The van der Waals surface area contributed by atoms with Crippen LogP contribution in [0.5, 0.6) is 5.75 Å². The van der Waals surface area contributed by atoms with Gasteiger partial charge < -0.3 is 41.0 Å². The lowest BCUT2D eigenvalue weighted by molar-refractivity contribution is -0.130. The zero-order valence-corrected chi connectivity index (χ0v) is 30.4. The van der Waals surface area contributed by atoms with Crippen molar-refractivity contribution >= 4 is 17.9 Å². The van der Waals surface area contributed by atoms with Gasteiger partial charge in [0, 0.05) is 50.1 Å². The average molecular weight is 716 g/mol. The highest BCUT2D eigenvalue weighted by Gasteiger charge is 2.38. The molecule has 52 heavy (non-hydrogen) atoms. The minimum absolute atomic E-state index is 0.0931. The molecule has 2 aliphatic rings. The monoisotopic (exact) mass is 715 g/mol. The summed E-state index contributed by atoms with van der Waals surface area (Å²) in [5.41, 5.74) is 10.0. The molecule has 12 heteroatoms. The van der Waals surface area contributed by atoms with E-state index in [1.54, 1.807) is 17.0 Å². The van der Waals surface area contributed by atoms with Crippen LogP contribution in [0.1, 0.15) is 55.5 Å². The molecule has 3 aromatic rings. The van der Waals surface area contributed by atoms with E-state index < -0.39 is 41.8 Å². The molecule has 5 atom stereocenters. The predicted octanol–water partition coefficient (Wildman–Crippen LogP) is 2.95. The van der Waals surface area contributed by atoms with Crippen LogP contribution in [0.3, 0.4) is 0 Å². The van der Waals surface area contributed by atoms with Crippen molar-refractivity contribution in [1.82, 2.24) is 20.4 Å². The Balaban J connectivity index is 1.29. The Hall–Kier alpha value is -4.49. The number of hydrogen-bond acceptors (Lipinski definition) is 9. The molecule has 0 unspecified atom stereocenters. The first kappa shape index (κ1) is 38.7. The van der Waals surface area contributed by atoms with Crippen LogP contribution in [0.25, 0.3) is 0 Å². The van der Waals surface area contributed by atoms with Crippen LogP contribution in [0.15, 0.2) is 78.9 Å². The molecule has 1 fully saturated rings. The molecule has 5 rings (SSSR count). The maximum absolute atomic E-state index is 14.0. The van der Waals surface area contributed by atoms with E-state index in [1.807, 2.05) is 92.4 Å². The predicted molar refractivity (Wildman–Crippen MR) is 197 cm³/mol. The Morgan fingerprint density at radius 2 is 1.67 bits per heavy atom. The molecule has 3 amide bonds. The van der Waals surface area contributed by atoms with Crippen molar-refractivity contribution in [3.05, 3.63) is 101 Å².